The Labute approximate surface area is 146 Å². The minimum Gasteiger partial charge on any atom is -0.486 e. The lowest BCUT2D eigenvalue weighted by atomic mass is 10.0. The fourth-order valence-corrected chi connectivity index (χ4v) is 2.84. The van der Waals surface area contributed by atoms with Crippen LogP contribution in [0.1, 0.15) is 10.4 Å². The van der Waals surface area contributed by atoms with Gasteiger partial charge in [0.25, 0.3) is 5.69 Å². The van der Waals surface area contributed by atoms with Crippen LogP contribution in [0.5, 0.6) is 11.5 Å². The standard InChI is InChI=1S/C18H12N2O6/c21-18(22)13-7-14(10-1-3-11(4-2-10)20(23)24)19-15-9-17-16(8-12(13)15)25-5-6-26-17/h1-4,7-9H,5-6H2,(H,21,22). The number of nitro groups is 1. The molecular formula is C18H12N2O6. The Balaban J connectivity index is 1.90. The van der Waals surface area contributed by atoms with Crippen LogP contribution in [0.3, 0.4) is 0 Å². The minimum absolute atomic E-state index is 0.0485. The summed E-state index contributed by atoms with van der Waals surface area (Å²) in [7, 11) is 0. The number of nitro benzene ring substituents is 1. The van der Waals surface area contributed by atoms with Gasteiger partial charge in [0, 0.05) is 29.1 Å². The third-order valence-electron chi connectivity index (χ3n) is 4.08. The van der Waals surface area contributed by atoms with Gasteiger partial charge in [0.15, 0.2) is 11.5 Å². The highest BCUT2D eigenvalue weighted by molar-refractivity contribution is 6.04. The van der Waals surface area contributed by atoms with Gasteiger partial charge in [0.05, 0.1) is 21.7 Å². The van der Waals surface area contributed by atoms with E-state index in [1.807, 2.05) is 0 Å². The number of aromatic nitrogens is 1. The molecule has 130 valence electrons. The van der Waals surface area contributed by atoms with Crippen molar-refractivity contribution in [1.82, 2.24) is 4.98 Å². The highest BCUT2D eigenvalue weighted by Crippen LogP contribution is 2.36. The smallest absolute Gasteiger partial charge is 0.336 e. The predicted octanol–water partition coefficient (Wildman–Crippen LogP) is 3.28. The van der Waals surface area contributed by atoms with Crippen LogP contribution >= 0.6 is 0 Å². The summed E-state index contributed by atoms with van der Waals surface area (Å²) in [5.41, 5.74) is 1.45. The van der Waals surface area contributed by atoms with E-state index >= 15 is 0 Å². The molecule has 0 atom stereocenters. The number of non-ortho nitro benzene ring substituents is 1. The van der Waals surface area contributed by atoms with Crippen molar-refractivity contribution < 1.29 is 24.3 Å². The van der Waals surface area contributed by atoms with Crippen LogP contribution in [0.2, 0.25) is 0 Å². The van der Waals surface area contributed by atoms with Gasteiger partial charge in [-0.2, -0.15) is 0 Å². The van der Waals surface area contributed by atoms with Crippen LogP contribution in [0.15, 0.2) is 42.5 Å². The summed E-state index contributed by atoms with van der Waals surface area (Å²) in [5, 5.41) is 20.8. The molecule has 0 amide bonds. The van der Waals surface area contributed by atoms with Crippen LogP contribution < -0.4 is 9.47 Å². The number of aromatic carboxylic acids is 1. The number of carboxylic acids is 1. The molecule has 0 spiro atoms. The Morgan fingerprint density at radius 1 is 1.08 bits per heavy atom. The maximum atomic E-state index is 11.7. The molecule has 8 nitrogen and oxygen atoms in total. The van der Waals surface area contributed by atoms with Crippen molar-refractivity contribution in [2.45, 2.75) is 0 Å². The molecule has 0 saturated carbocycles. The average Bonchev–Trinajstić information content (AvgIpc) is 2.65. The van der Waals surface area contributed by atoms with E-state index < -0.39 is 10.9 Å². The van der Waals surface area contributed by atoms with E-state index in [1.54, 1.807) is 12.1 Å². The van der Waals surface area contributed by atoms with Crippen molar-refractivity contribution in [3.05, 3.63) is 58.1 Å². The number of fused-ring (bicyclic) bond motifs is 2. The van der Waals surface area contributed by atoms with Gasteiger partial charge in [-0.05, 0) is 24.3 Å². The first-order valence-electron chi connectivity index (χ1n) is 7.75. The third kappa shape index (κ3) is 2.67. The summed E-state index contributed by atoms with van der Waals surface area (Å²) >= 11 is 0. The number of ether oxygens (including phenoxy) is 2. The van der Waals surface area contributed by atoms with Crippen molar-refractivity contribution in [2.24, 2.45) is 0 Å². The molecule has 2 heterocycles. The summed E-state index contributed by atoms with van der Waals surface area (Å²) in [6, 6.07) is 10.5. The van der Waals surface area contributed by atoms with E-state index in [0.717, 1.165) is 0 Å². The first kappa shape index (κ1) is 15.8. The largest absolute Gasteiger partial charge is 0.486 e. The number of hydrogen-bond donors (Lipinski definition) is 1. The normalized spacial score (nSPS) is 12.8. The van der Waals surface area contributed by atoms with Crippen LogP contribution in [-0.4, -0.2) is 34.2 Å². The van der Waals surface area contributed by atoms with E-state index in [4.69, 9.17) is 9.47 Å². The molecule has 0 aliphatic carbocycles. The topological polar surface area (TPSA) is 112 Å². The maximum Gasteiger partial charge on any atom is 0.336 e. The van der Waals surface area contributed by atoms with Gasteiger partial charge in [-0.15, -0.1) is 0 Å². The second-order valence-electron chi connectivity index (χ2n) is 5.68. The zero-order chi connectivity index (χ0) is 18.3. The van der Waals surface area contributed by atoms with E-state index in [-0.39, 0.29) is 11.3 Å². The molecule has 0 fully saturated rings. The number of carbonyl (C=O) groups is 1. The van der Waals surface area contributed by atoms with E-state index in [2.05, 4.69) is 4.98 Å². The Morgan fingerprint density at radius 3 is 2.35 bits per heavy atom. The Bertz CT molecular complexity index is 1050. The van der Waals surface area contributed by atoms with E-state index in [1.165, 1.54) is 30.3 Å². The van der Waals surface area contributed by atoms with Gasteiger partial charge in [-0.3, -0.25) is 10.1 Å². The van der Waals surface area contributed by atoms with Crippen LogP contribution in [0, 0.1) is 10.1 Å². The highest BCUT2D eigenvalue weighted by atomic mass is 16.6. The molecule has 0 radical (unpaired) electrons. The minimum atomic E-state index is -1.10. The fraction of sp³-hybridized carbons (Fsp3) is 0.111. The molecule has 0 unspecified atom stereocenters. The number of nitrogens with zero attached hydrogens (tertiary/aromatic N) is 2. The molecule has 4 rings (SSSR count). The number of hydrogen-bond acceptors (Lipinski definition) is 6. The van der Waals surface area contributed by atoms with Crippen molar-refractivity contribution in [3.8, 4) is 22.8 Å². The van der Waals surface area contributed by atoms with Gasteiger partial charge >= 0.3 is 5.97 Å². The van der Waals surface area contributed by atoms with Gasteiger partial charge < -0.3 is 14.6 Å². The molecule has 8 heteroatoms. The molecule has 1 aromatic heterocycles. The molecule has 26 heavy (non-hydrogen) atoms. The predicted molar refractivity (Wildman–Crippen MR) is 91.8 cm³/mol. The maximum absolute atomic E-state index is 11.7. The van der Waals surface area contributed by atoms with Crippen molar-refractivity contribution in [3.63, 3.8) is 0 Å². The van der Waals surface area contributed by atoms with Crippen molar-refractivity contribution >= 4 is 22.6 Å². The van der Waals surface area contributed by atoms with Crippen LogP contribution in [0.4, 0.5) is 5.69 Å². The average molecular weight is 352 g/mol. The van der Waals surface area contributed by atoms with Crippen LogP contribution in [0.25, 0.3) is 22.2 Å². The molecule has 1 N–H and O–H groups in total. The Hall–Kier alpha value is -3.68. The zero-order valence-electron chi connectivity index (χ0n) is 13.3. The van der Waals surface area contributed by atoms with E-state index in [0.29, 0.717) is 46.9 Å². The number of rotatable bonds is 3. The monoisotopic (exact) mass is 352 g/mol. The summed E-state index contributed by atoms with van der Waals surface area (Å²) in [6.07, 6.45) is 0. The number of carboxylic acid groups (broad SMARTS) is 1. The van der Waals surface area contributed by atoms with Crippen molar-refractivity contribution in [2.75, 3.05) is 13.2 Å². The van der Waals surface area contributed by atoms with Gasteiger partial charge in [-0.25, -0.2) is 9.78 Å². The molecular weight excluding hydrogens is 340 g/mol. The molecule has 0 bridgehead atoms. The molecule has 0 saturated heterocycles. The van der Waals surface area contributed by atoms with Gasteiger partial charge in [-0.1, -0.05) is 0 Å². The number of benzene rings is 2. The van der Waals surface area contributed by atoms with Crippen molar-refractivity contribution in [1.29, 1.82) is 0 Å². The summed E-state index contributed by atoms with van der Waals surface area (Å²) in [4.78, 5) is 26.5. The Kier molecular flexibility index (Phi) is 3.65. The lowest BCUT2D eigenvalue weighted by Crippen LogP contribution is -2.15. The fourth-order valence-electron chi connectivity index (χ4n) is 2.84. The molecule has 2 aromatic carbocycles. The van der Waals surface area contributed by atoms with E-state index in [9.17, 15) is 20.0 Å². The number of pyridine rings is 1. The summed E-state index contributed by atoms with van der Waals surface area (Å²) in [5.74, 6) is -0.109. The zero-order valence-corrected chi connectivity index (χ0v) is 13.3. The molecule has 1 aliphatic heterocycles. The SMILES string of the molecule is O=C(O)c1cc(-c2ccc([N+](=O)[O-])cc2)nc2cc3c(cc12)OCCO3. The quantitative estimate of drug-likeness (QED) is 0.568. The second-order valence-corrected chi connectivity index (χ2v) is 5.68. The summed E-state index contributed by atoms with van der Waals surface area (Å²) < 4.78 is 11.0. The first-order chi connectivity index (χ1) is 12.5. The third-order valence-corrected chi connectivity index (χ3v) is 4.08. The van der Waals surface area contributed by atoms with Gasteiger partial charge in [0.1, 0.15) is 13.2 Å². The highest BCUT2D eigenvalue weighted by Gasteiger charge is 2.19. The van der Waals surface area contributed by atoms with Gasteiger partial charge in [0.2, 0.25) is 0 Å². The Morgan fingerprint density at radius 2 is 1.73 bits per heavy atom. The molecule has 3 aromatic rings. The second kappa shape index (κ2) is 5.99. The van der Waals surface area contributed by atoms with Crippen LogP contribution in [-0.2, 0) is 0 Å². The lowest BCUT2D eigenvalue weighted by Gasteiger charge is -2.19. The summed E-state index contributed by atoms with van der Waals surface area (Å²) in [6.45, 7) is 0.807. The lowest BCUT2D eigenvalue weighted by molar-refractivity contribution is -0.384. The first-order valence-corrected chi connectivity index (χ1v) is 7.75. The molecule has 1 aliphatic rings.